The zero-order chi connectivity index (χ0) is 16.1. The molecule has 5 nitrogen and oxygen atoms in total. The molecule has 2 aromatic rings. The van der Waals surface area contributed by atoms with Gasteiger partial charge in [-0.25, -0.2) is 4.98 Å². The second-order valence-electron chi connectivity index (χ2n) is 5.93. The molecular weight excluding hydrogens is 288 g/mol. The molecule has 0 radical (unpaired) electrons. The lowest BCUT2D eigenvalue weighted by Crippen LogP contribution is -2.24. The number of aromatic nitrogens is 1. The minimum Gasteiger partial charge on any atom is -0.384 e. The highest BCUT2D eigenvalue weighted by atomic mass is 16.1. The van der Waals surface area contributed by atoms with Crippen molar-refractivity contribution in [3.05, 3.63) is 59.3 Å². The van der Waals surface area contributed by atoms with Crippen molar-refractivity contribution < 1.29 is 4.79 Å². The lowest BCUT2D eigenvalue weighted by atomic mass is 10.1. The smallest absolute Gasteiger partial charge is 0.270 e. The van der Waals surface area contributed by atoms with E-state index in [-0.39, 0.29) is 5.91 Å². The van der Waals surface area contributed by atoms with Crippen LogP contribution in [0.5, 0.6) is 0 Å². The lowest BCUT2D eigenvalue weighted by Gasteiger charge is -2.14. The monoisotopic (exact) mass is 310 g/mol. The first-order chi connectivity index (χ1) is 11.2. The molecule has 3 rings (SSSR count). The number of carbonyl (C=O) groups is 1. The fourth-order valence-electron chi connectivity index (χ4n) is 2.81. The van der Waals surface area contributed by atoms with Crippen LogP contribution >= 0.6 is 0 Å². The topological polar surface area (TPSA) is 71.2 Å². The maximum atomic E-state index is 12.0. The SMILES string of the molecule is Nc1cccc(C(=O)NCc2ccc(CN3CCCC3)cc2)n1. The fraction of sp³-hybridized carbons (Fsp3) is 0.333. The molecule has 0 saturated carbocycles. The van der Waals surface area contributed by atoms with E-state index in [0.717, 1.165) is 12.1 Å². The number of rotatable bonds is 5. The van der Waals surface area contributed by atoms with Crippen LogP contribution in [0.15, 0.2) is 42.5 Å². The predicted octanol–water partition coefficient (Wildman–Crippen LogP) is 2.19. The second kappa shape index (κ2) is 7.24. The molecule has 0 atom stereocenters. The van der Waals surface area contributed by atoms with Crippen LogP contribution in [-0.4, -0.2) is 28.9 Å². The van der Waals surface area contributed by atoms with Gasteiger partial charge >= 0.3 is 0 Å². The van der Waals surface area contributed by atoms with Crippen molar-refractivity contribution in [1.82, 2.24) is 15.2 Å². The molecule has 1 aliphatic heterocycles. The first kappa shape index (κ1) is 15.5. The molecule has 3 N–H and O–H groups in total. The number of anilines is 1. The molecular formula is C18H22N4O. The largest absolute Gasteiger partial charge is 0.384 e. The molecule has 0 spiro atoms. The molecule has 1 aromatic heterocycles. The van der Waals surface area contributed by atoms with Crippen LogP contribution < -0.4 is 11.1 Å². The molecule has 0 aliphatic carbocycles. The predicted molar refractivity (Wildman–Crippen MR) is 90.8 cm³/mol. The Kier molecular flexibility index (Phi) is 4.88. The molecule has 23 heavy (non-hydrogen) atoms. The normalized spacial score (nSPS) is 14.8. The molecule has 5 heteroatoms. The van der Waals surface area contributed by atoms with E-state index in [4.69, 9.17) is 5.73 Å². The van der Waals surface area contributed by atoms with E-state index < -0.39 is 0 Å². The minimum absolute atomic E-state index is 0.210. The zero-order valence-corrected chi connectivity index (χ0v) is 13.2. The summed E-state index contributed by atoms with van der Waals surface area (Å²) in [5.74, 6) is 0.141. The molecule has 1 fully saturated rings. The molecule has 0 bridgehead atoms. The molecule has 2 heterocycles. The summed E-state index contributed by atoms with van der Waals surface area (Å²) < 4.78 is 0. The van der Waals surface area contributed by atoms with Gasteiger partial charge in [0.2, 0.25) is 0 Å². The van der Waals surface area contributed by atoms with Crippen LogP contribution in [0, 0.1) is 0 Å². The number of nitrogens with one attached hydrogen (secondary N) is 1. The lowest BCUT2D eigenvalue weighted by molar-refractivity contribution is 0.0946. The van der Waals surface area contributed by atoms with Crippen molar-refractivity contribution in [3.63, 3.8) is 0 Å². The third-order valence-electron chi connectivity index (χ3n) is 4.08. The molecule has 0 unspecified atom stereocenters. The van der Waals surface area contributed by atoms with Crippen LogP contribution in [0.3, 0.4) is 0 Å². The number of likely N-dealkylation sites (tertiary alicyclic amines) is 1. The van der Waals surface area contributed by atoms with Gasteiger partial charge in [-0.05, 0) is 49.2 Å². The van der Waals surface area contributed by atoms with Crippen LogP contribution in [0.1, 0.15) is 34.5 Å². The van der Waals surface area contributed by atoms with Gasteiger partial charge in [-0.2, -0.15) is 0 Å². The van der Waals surface area contributed by atoms with Crippen LogP contribution in [-0.2, 0) is 13.1 Å². The second-order valence-corrected chi connectivity index (χ2v) is 5.93. The first-order valence-electron chi connectivity index (χ1n) is 8.01. The van der Waals surface area contributed by atoms with Gasteiger partial charge in [-0.15, -0.1) is 0 Å². The number of nitrogen functional groups attached to an aromatic ring is 1. The third-order valence-corrected chi connectivity index (χ3v) is 4.08. The number of pyridine rings is 1. The zero-order valence-electron chi connectivity index (χ0n) is 13.2. The number of amides is 1. The number of nitrogens with two attached hydrogens (primary N) is 1. The minimum atomic E-state index is -0.210. The Hall–Kier alpha value is -2.40. The van der Waals surface area contributed by atoms with Gasteiger partial charge in [-0.3, -0.25) is 9.69 Å². The molecule has 1 aromatic carbocycles. The highest BCUT2D eigenvalue weighted by Gasteiger charge is 2.11. The van der Waals surface area contributed by atoms with E-state index in [1.54, 1.807) is 18.2 Å². The fourth-order valence-corrected chi connectivity index (χ4v) is 2.81. The van der Waals surface area contributed by atoms with E-state index in [0.29, 0.717) is 18.1 Å². The summed E-state index contributed by atoms with van der Waals surface area (Å²) in [6, 6.07) is 13.5. The van der Waals surface area contributed by atoms with Gasteiger partial charge in [0.25, 0.3) is 5.91 Å². The molecule has 1 amide bonds. The first-order valence-corrected chi connectivity index (χ1v) is 8.01. The number of carbonyl (C=O) groups excluding carboxylic acids is 1. The van der Waals surface area contributed by atoms with Crippen molar-refractivity contribution in [2.75, 3.05) is 18.8 Å². The standard InChI is InChI=1S/C18H22N4O/c19-17-5-3-4-16(21-17)18(23)20-12-14-6-8-15(9-7-14)13-22-10-1-2-11-22/h3-9H,1-2,10-13H2,(H2,19,21)(H,20,23). The van der Waals surface area contributed by atoms with E-state index in [9.17, 15) is 4.79 Å². The molecule has 1 saturated heterocycles. The Bertz CT molecular complexity index is 663. The van der Waals surface area contributed by atoms with Crippen LogP contribution in [0.4, 0.5) is 5.82 Å². The van der Waals surface area contributed by atoms with Crippen molar-refractivity contribution >= 4 is 11.7 Å². The summed E-state index contributed by atoms with van der Waals surface area (Å²) in [7, 11) is 0. The third kappa shape index (κ3) is 4.29. The Balaban J connectivity index is 1.52. The Morgan fingerprint density at radius 3 is 2.48 bits per heavy atom. The maximum Gasteiger partial charge on any atom is 0.270 e. The summed E-state index contributed by atoms with van der Waals surface area (Å²) in [5.41, 5.74) is 8.33. The number of benzene rings is 1. The highest BCUT2D eigenvalue weighted by Crippen LogP contribution is 2.13. The number of hydrogen-bond acceptors (Lipinski definition) is 4. The van der Waals surface area contributed by atoms with Crippen LogP contribution in [0.25, 0.3) is 0 Å². The number of hydrogen-bond donors (Lipinski definition) is 2. The maximum absolute atomic E-state index is 12.0. The van der Waals surface area contributed by atoms with Gasteiger partial charge < -0.3 is 11.1 Å². The van der Waals surface area contributed by atoms with Crippen molar-refractivity contribution in [2.45, 2.75) is 25.9 Å². The van der Waals surface area contributed by atoms with Gasteiger partial charge in [0.15, 0.2) is 0 Å². The average molecular weight is 310 g/mol. The van der Waals surface area contributed by atoms with Gasteiger partial charge in [0.05, 0.1) is 0 Å². The van der Waals surface area contributed by atoms with Crippen molar-refractivity contribution in [2.24, 2.45) is 0 Å². The van der Waals surface area contributed by atoms with Crippen molar-refractivity contribution in [1.29, 1.82) is 0 Å². The van der Waals surface area contributed by atoms with Gasteiger partial charge in [0, 0.05) is 13.1 Å². The average Bonchev–Trinajstić information content (AvgIpc) is 3.07. The summed E-state index contributed by atoms with van der Waals surface area (Å²) in [4.78, 5) is 18.5. The molecule has 1 aliphatic rings. The van der Waals surface area contributed by atoms with Gasteiger partial charge in [-0.1, -0.05) is 30.3 Å². The van der Waals surface area contributed by atoms with E-state index >= 15 is 0 Å². The van der Waals surface area contributed by atoms with Gasteiger partial charge in [0.1, 0.15) is 11.5 Å². The summed E-state index contributed by atoms with van der Waals surface area (Å²) in [5, 5.41) is 2.87. The summed E-state index contributed by atoms with van der Waals surface area (Å²) in [6.45, 7) is 3.90. The highest BCUT2D eigenvalue weighted by molar-refractivity contribution is 5.92. The van der Waals surface area contributed by atoms with Crippen molar-refractivity contribution in [3.8, 4) is 0 Å². The van der Waals surface area contributed by atoms with E-state index in [2.05, 4.69) is 39.5 Å². The Labute approximate surface area is 136 Å². The molecule has 120 valence electrons. The summed E-state index contributed by atoms with van der Waals surface area (Å²) >= 11 is 0. The quantitative estimate of drug-likeness (QED) is 0.888. The Morgan fingerprint density at radius 2 is 1.78 bits per heavy atom. The number of nitrogens with zero attached hydrogens (tertiary/aromatic N) is 2. The summed E-state index contributed by atoms with van der Waals surface area (Å²) in [6.07, 6.45) is 2.62. The Morgan fingerprint density at radius 1 is 1.09 bits per heavy atom. The van der Waals surface area contributed by atoms with E-state index in [1.165, 1.54) is 31.5 Å². The van der Waals surface area contributed by atoms with E-state index in [1.807, 2.05) is 0 Å². The van der Waals surface area contributed by atoms with Crippen LogP contribution in [0.2, 0.25) is 0 Å².